The maximum atomic E-state index is 13.9. The highest BCUT2D eigenvalue weighted by Gasteiger charge is 2.29. The average molecular weight is 354 g/mol. The van der Waals surface area contributed by atoms with Gasteiger partial charge in [-0.25, -0.2) is 4.39 Å². The van der Waals surface area contributed by atoms with Crippen molar-refractivity contribution >= 4 is 11.8 Å². The van der Waals surface area contributed by atoms with Crippen molar-refractivity contribution in [3.05, 3.63) is 71.0 Å². The number of hydrogen-bond acceptors (Lipinski definition) is 2. The van der Waals surface area contributed by atoms with Crippen LogP contribution in [-0.2, 0) is 11.3 Å². The minimum Gasteiger partial charge on any atom is -0.352 e. The van der Waals surface area contributed by atoms with Crippen LogP contribution in [0.1, 0.15) is 34.3 Å². The summed E-state index contributed by atoms with van der Waals surface area (Å²) in [7, 11) is 0. The molecule has 2 aromatic rings. The molecule has 1 saturated heterocycles. The monoisotopic (exact) mass is 354 g/mol. The van der Waals surface area contributed by atoms with Crippen molar-refractivity contribution < 1.29 is 14.0 Å². The van der Waals surface area contributed by atoms with Crippen LogP contribution in [0.15, 0.2) is 48.5 Å². The summed E-state index contributed by atoms with van der Waals surface area (Å²) in [6, 6.07) is 14.0. The molecule has 136 valence electrons. The van der Waals surface area contributed by atoms with Crippen molar-refractivity contribution in [2.75, 3.05) is 13.1 Å². The highest BCUT2D eigenvalue weighted by molar-refractivity contribution is 5.95. The normalized spacial score (nSPS) is 17.0. The van der Waals surface area contributed by atoms with Gasteiger partial charge >= 0.3 is 0 Å². The highest BCUT2D eigenvalue weighted by atomic mass is 19.1. The molecule has 0 aliphatic carbocycles. The molecule has 4 nitrogen and oxygen atoms in total. The van der Waals surface area contributed by atoms with Crippen LogP contribution in [0.2, 0.25) is 0 Å². The van der Waals surface area contributed by atoms with E-state index < -0.39 is 5.82 Å². The second-order valence-corrected chi connectivity index (χ2v) is 6.78. The molecule has 2 amide bonds. The Kier molecular flexibility index (Phi) is 5.66. The second-order valence-electron chi connectivity index (χ2n) is 6.78. The van der Waals surface area contributed by atoms with E-state index in [1.165, 1.54) is 12.1 Å². The van der Waals surface area contributed by atoms with E-state index in [0.717, 1.165) is 24.0 Å². The standard InChI is InChI=1S/C21H23FN2O2/c1-15-6-4-7-16(12-15)13-23-20(25)17-8-5-11-24(14-17)21(26)18-9-2-3-10-19(18)22/h2-4,6-7,9-10,12,17H,5,8,11,13-14H2,1H3,(H,23,25)/t17-/m0/s1. The molecule has 1 N–H and O–H groups in total. The van der Waals surface area contributed by atoms with Crippen LogP contribution in [0.3, 0.4) is 0 Å². The average Bonchev–Trinajstić information content (AvgIpc) is 2.66. The van der Waals surface area contributed by atoms with Gasteiger partial charge in [-0.05, 0) is 37.5 Å². The van der Waals surface area contributed by atoms with Crippen LogP contribution in [0, 0.1) is 18.7 Å². The van der Waals surface area contributed by atoms with Gasteiger partial charge < -0.3 is 10.2 Å². The molecule has 26 heavy (non-hydrogen) atoms. The van der Waals surface area contributed by atoms with Gasteiger partial charge in [-0.2, -0.15) is 0 Å². The number of amides is 2. The molecule has 0 spiro atoms. The molecule has 1 fully saturated rings. The van der Waals surface area contributed by atoms with Gasteiger partial charge in [0.05, 0.1) is 11.5 Å². The number of nitrogens with one attached hydrogen (secondary N) is 1. The van der Waals surface area contributed by atoms with Crippen molar-refractivity contribution in [1.82, 2.24) is 10.2 Å². The Bertz CT molecular complexity index is 806. The van der Waals surface area contributed by atoms with Gasteiger partial charge in [0.2, 0.25) is 5.91 Å². The lowest BCUT2D eigenvalue weighted by Gasteiger charge is -2.32. The van der Waals surface area contributed by atoms with Gasteiger partial charge in [0.15, 0.2) is 0 Å². The number of halogens is 1. The molecule has 2 aromatic carbocycles. The molecule has 0 saturated carbocycles. The number of rotatable bonds is 4. The minimum atomic E-state index is -0.525. The number of piperidine rings is 1. The highest BCUT2D eigenvalue weighted by Crippen LogP contribution is 2.20. The number of likely N-dealkylation sites (tertiary alicyclic amines) is 1. The van der Waals surface area contributed by atoms with Crippen LogP contribution >= 0.6 is 0 Å². The molecule has 1 atom stereocenters. The molecular weight excluding hydrogens is 331 g/mol. The van der Waals surface area contributed by atoms with Crippen LogP contribution in [0.5, 0.6) is 0 Å². The van der Waals surface area contributed by atoms with E-state index in [0.29, 0.717) is 19.6 Å². The first kappa shape index (κ1) is 18.1. The number of carbonyl (C=O) groups is 2. The largest absolute Gasteiger partial charge is 0.352 e. The molecule has 1 heterocycles. The van der Waals surface area contributed by atoms with E-state index in [2.05, 4.69) is 5.32 Å². The van der Waals surface area contributed by atoms with Crippen molar-refractivity contribution in [3.8, 4) is 0 Å². The van der Waals surface area contributed by atoms with E-state index in [-0.39, 0.29) is 23.3 Å². The van der Waals surface area contributed by atoms with Crippen LogP contribution in [0.25, 0.3) is 0 Å². The lowest BCUT2D eigenvalue weighted by Crippen LogP contribution is -2.45. The molecule has 0 aromatic heterocycles. The summed E-state index contributed by atoms with van der Waals surface area (Å²) in [6.07, 6.45) is 1.48. The maximum absolute atomic E-state index is 13.9. The predicted molar refractivity (Wildman–Crippen MR) is 98.1 cm³/mol. The SMILES string of the molecule is Cc1cccc(CNC(=O)[C@H]2CCCN(C(=O)c3ccccc3F)C2)c1. The van der Waals surface area contributed by atoms with Crippen molar-refractivity contribution in [1.29, 1.82) is 0 Å². The predicted octanol–water partition coefficient (Wildman–Crippen LogP) is 3.30. The first-order valence-corrected chi connectivity index (χ1v) is 8.91. The fourth-order valence-corrected chi connectivity index (χ4v) is 3.34. The van der Waals surface area contributed by atoms with E-state index in [4.69, 9.17) is 0 Å². The molecule has 3 rings (SSSR count). The fraction of sp³-hybridized carbons (Fsp3) is 0.333. The van der Waals surface area contributed by atoms with Crippen LogP contribution in [-0.4, -0.2) is 29.8 Å². The Morgan fingerprint density at radius 2 is 2.00 bits per heavy atom. The quantitative estimate of drug-likeness (QED) is 0.916. The Hall–Kier alpha value is -2.69. The second kappa shape index (κ2) is 8.13. The van der Waals surface area contributed by atoms with Gasteiger partial charge in [0.1, 0.15) is 5.82 Å². The third-order valence-corrected chi connectivity index (χ3v) is 4.73. The molecule has 5 heteroatoms. The molecule has 0 bridgehead atoms. The first-order valence-electron chi connectivity index (χ1n) is 8.91. The third-order valence-electron chi connectivity index (χ3n) is 4.73. The first-order chi connectivity index (χ1) is 12.5. The zero-order valence-corrected chi connectivity index (χ0v) is 14.9. The summed E-state index contributed by atoms with van der Waals surface area (Å²) < 4.78 is 13.9. The van der Waals surface area contributed by atoms with Gasteiger partial charge in [0.25, 0.3) is 5.91 Å². The number of aryl methyl sites for hydroxylation is 1. The van der Waals surface area contributed by atoms with E-state index in [9.17, 15) is 14.0 Å². The molecule has 0 radical (unpaired) electrons. The summed E-state index contributed by atoms with van der Waals surface area (Å²) in [4.78, 5) is 26.6. The number of hydrogen-bond donors (Lipinski definition) is 1. The summed E-state index contributed by atoms with van der Waals surface area (Å²) >= 11 is 0. The van der Waals surface area contributed by atoms with Crippen molar-refractivity contribution in [2.45, 2.75) is 26.3 Å². The number of benzene rings is 2. The zero-order chi connectivity index (χ0) is 18.5. The zero-order valence-electron chi connectivity index (χ0n) is 14.9. The Morgan fingerprint density at radius 3 is 2.77 bits per heavy atom. The van der Waals surface area contributed by atoms with Crippen molar-refractivity contribution in [2.24, 2.45) is 5.92 Å². The Morgan fingerprint density at radius 1 is 1.19 bits per heavy atom. The molecule has 1 aliphatic rings. The summed E-state index contributed by atoms with van der Waals surface area (Å²) in [5.41, 5.74) is 2.26. The van der Waals surface area contributed by atoms with E-state index >= 15 is 0 Å². The molecular formula is C21H23FN2O2. The lowest BCUT2D eigenvalue weighted by atomic mass is 9.96. The minimum absolute atomic E-state index is 0.0578. The number of carbonyl (C=O) groups excluding carboxylic acids is 2. The van der Waals surface area contributed by atoms with Gasteiger partial charge in [0, 0.05) is 19.6 Å². The number of nitrogens with zero attached hydrogens (tertiary/aromatic N) is 1. The lowest BCUT2D eigenvalue weighted by molar-refractivity contribution is -0.126. The smallest absolute Gasteiger partial charge is 0.256 e. The Labute approximate surface area is 153 Å². The van der Waals surface area contributed by atoms with E-state index in [1.54, 1.807) is 17.0 Å². The van der Waals surface area contributed by atoms with Crippen molar-refractivity contribution in [3.63, 3.8) is 0 Å². The third kappa shape index (κ3) is 4.28. The molecule has 1 aliphatic heterocycles. The van der Waals surface area contributed by atoms with Gasteiger partial charge in [-0.1, -0.05) is 42.0 Å². The molecule has 0 unspecified atom stereocenters. The summed E-state index contributed by atoms with van der Waals surface area (Å²) in [5, 5.41) is 2.96. The van der Waals surface area contributed by atoms with Gasteiger partial charge in [-0.3, -0.25) is 9.59 Å². The van der Waals surface area contributed by atoms with E-state index in [1.807, 2.05) is 31.2 Å². The topological polar surface area (TPSA) is 49.4 Å². The Balaban J connectivity index is 1.60. The van der Waals surface area contributed by atoms with Crippen LogP contribution in [0.4, 0.5) is 4.39 Å². The summed E-state index contributed by atoms with van der Waals surface area (Å²) in [5.74, 6) is -1.19. The van der Waals surface area contributed by atoms with Crippen LogP contribution < -0.4 is 5.32 Å². The fourth-order valence-electron chi connectivity index (χ4n) is 3.34. The summed E-state index contributed by atoms with van der Waals surface area (Å²) in [6.45, 7) is 3.36. The van der Waals surface area contributed by atoms with Gasteiger partial charge in [-0.15, -0.1) is 0 Å². The maximum Gasteiger partial charge on any atom is 0.256 e.